The van der Waals surface area contributed by atoms with Crippen LogP contribution in [-0.2, 0) is 4.79 Å². The van der Waals surface area contributed by atoms with Gasteiger partial charge in [-0.25, -0.2) is 0 Å². The van der Waals surface area contributed by atoms with Crippen molar-refractivity contribution in [3.8, 4) is 0 Å². The van der Waals surface area contributed by atoms with Crippen LogP contribution in [0.5, 0.6) is 0 Å². The average Bonchev–Trinajstić information content (AvgIpc) is 2.53. The summed E-state index contributed by atoms with van der Waals surface area (Å²) in [5.74, 6) is 0.320. The topological polar surface area (TPSA) is 52.6 Å². The van der Waals surface area contributed by atoms with E-state index in [4.69, 9.17) is 0 Å². The molecule has 1 fully saturated rings. The number of carbonyl (C=O) groups excluding carboxylic acids is 1. The van der Waals surface area contributed by atoms with Gasteiger partial charge in [-0.1, -0.05) is 19.1 Å². The first-order valence-corrected chi connectivity index (χ1v) is 6.76. The molecule has 0 radical (unpaired) electrons. The summed E-state index contributed by atoms with van der Waals surface area (Å²) in [4.78, 5) is 14.3. The van der Waals surface area contributed by atoms with Gasteiger partial charge in [-0.2, -0.15) is 0 Å². The minimum Gasteiger partial charge on any atom is -0.394 e. The minimum absolute atomic E-state index is 0.0412. The molecule has 104 valence electrons. The van der Waals surface area contributed by atoms with Gasteiger partial charge < -0.3 is 15.3 Å². The first-order valence-electron chi connectivity index (χ1n) is 6.76. The van der Waals surface area contributed by atoms with E-state index >= 15 is 0 Å². The molecule has 4 nitrogen and oxygen atoms in total. The van der Waals surface area contributed by atoms with Crippen molar-refractivity contribution in [3.05, 3.63) is 29.3 Å². The van der Waals surface area contributed by atoms with Crippen LogP contribution >= 0.6 is 0 Å². The van der Waals surface area contributed by atoms with Gasteiger partial charge in [0.05, 0.1) is 6.61 Å². The van der Waals surface area contributed by atoms with Gasteiger partial charge in [-0.05, 0) is 37.0 Å². The molecular formula is C15H22N2O2. The molecular weight excluding hydrogens is 240 g/mol. The monoisotopic (exact) mass is 262 g/mol. The Balaban J connectivity index is 2.39. The van der Waals surface area contributed by atoms with E-state index in [1.165, 1.54) is 5.56 Å². The second-order valence-corrected chi connectivity index (χ2v) is 5.42. The van der Waals surface area contributed by atoms with Gasteiger partial charge in [0.1, 0.15) is 6.04 Å². The van der Waals surface area contributed by atoms with Crippen molar-refractivity contribution in [2.75, 3.05) is 24.6 Å². The molecule has 1 saturated heterocycles. The van der Waals surface area contributed by atoms with E-state index in [0.29, 0.717) is 12.5 Å². The third-order valence-corrected chi connectivity index (χ3v) is 3.82. The summed E-state index contributed by atoms with van der Waals surface area (Å²) in [5.41, 5.74) is 3.26. The second kappa shape index (κ2) is 5.72. The van der Waals surface area contributed by atoms with Gasteiger partial charge in [0.25, 0.3) is 0 Å². The fourth-order valence-corrected chi connectivity index (χ4v) is 2.47. The van der Waals surface area contributed by atoms with Crippen LogP contribution in [0.3, 0.4) is 0 Å². The predicted molar refractivity (Wildman–Crippen MR) is 76.3 cm³/mol. The Hall–Kier alpha value is -1.39. The van der Waals surface area contributed by atoms with E-state index in [0.717, 1.165) is 17.8 Å². The van der Waals surface area contributed by atoms with Crippen molar-refractivity contribution in [1.29, 1.82) is 0 Å². The smallest absolute Gasteiger partial charge is 0.246 e. The number of hydrogen-bond acceptors (Lipinski definition) is 3. The van der Waals surface area contributed by atoms with Crippen molar-refractivity contribution in [2.45, 2.75) is 26.8 Å². The number of rotatable bonds is 2. The van der Waals surface area contributed by atoms with Gasteiger partial charge in [-0.15, -0.1) is 0 Å². The van der Waals surface area contributed by atoms with Crippen LogP contribution in [0.1, 0.15) is 18.1 Å². The number of aliphatic hydroxyl groups is 1. The minimum atomic E-state index is -0.495. The molecule has 1 amide bonds. The van der Waals surface area contributed by atoms with Crippen LogP contribution in [0.15, 0.2) is 18.2 Å². The third kappa shape index (κ3) is 2.80. The zero-order chi connectivity index (χ0) is 14.0. The van der Waals surface area contributed by atoms with Crippen LogP contribution < -0.4 is 10.2 Å². The summed E-state index contributed by atoms with van der Waals surface area (Å²) < 4.78 is 0. The van der Waals surface area contributed by atoms with Crippen molar-refractivity contribution >= 4 is 11.6 Å². The standard InChI is InChI=1S/C15H22N2O2/c1-10-7-16-13(9-18)15(19)17(8-10)14-6-4-5-11(2)12(14)3/h4-6,10,13,16,18H,7-9H2,1-3H3. The molecule has 1 aliphatic rings. The zero-order valence-corrected chi connectivity index (χ0v) is 11.8. The molecule has 2 unspecified atom stereocenters. The third-order valence-electron chi connectivity index (χ3n) is 3.82. The lowest BCUT2D eigenvalue weighted by atomic mass is 10.1. The Morgan fingerprint density at radius 1 is 1.42 bits per heavy atom. The van der Waals surface area contributed by atoms with Crippen LogP contribution in [0.4, 0.5) is 5.69 Å². The van der Waals surface area contributed by atoms with Crippen LogP contribution in [0.2, 0.25) is 0 Å². The maximum Gasteiger partial charge on any atom is 0.246 e. The number of aryl methyl sites for hydroxylation is 1. The quantitative estimate of drug-likeness (QED) is 0.843. The number of amides is 1. The van der Waals surface area contributed by atoms with Crippen molar-refractivity contribution in [1.82, 2.24) is 5.32 Å². The van der Waals surface area contributed by atoms with Crippen molar-refractivity contribution < 1.29 is 9.90 Å². The summed E-state index contributed by atoms with van der Waals surface area (Å²) in [5, 5.41) is 12.5. The molecule has 2 rings (SSSR count). The number of anilines is 1. The first kappa shape index (κ1) is 14.0. The van der Waals surface area contributed by atoms with Crippen LogP contribution in [-0.4, -0.2) is 36.8 Å². The van der Waals surface area contributed by atoms with Gasteiger partial charge in [0.15, 0.2) is 0 Å². The number of benzene rings is 1. The number of aliphatic hydroxyl groups excluding tert-OH is 1. The molecule has 2 N–H and O–H groups in total. The summed E-state index contributed by atoms with van der Waals surface area (Å²) in [6, 6.07) is 5.51. The highest BCUT2D eigenvalue weighted by molar-refractivity contribution is 5.98. The molecule has 0 spiro atoms. The molecule has 0 aromatic heterocycles. The molecule has 1 aliphatic heterocycles. The fraction of sp³-hybridized carbons (Fsp3) is 0.533. The van der Waals surface area contributed by atoms with Crippen molar-refractivity contribution in [2.24, 2.45) is 5.92 Å². The highest BCUT2D eigenvalue weighted by atomic mass is 16.3. The normalized spacial score (nSPS) is 24.4. The molecule has 4 heteroatoms. The maximum atomic E-state index is 12.5. The lowest BCUT2D eigenvalue weighted by Gasteiger charge is -2.26. The molecule has 1 aromatic rings. The highest BCUT2D eigenvalue weighted by Gasteiger charge is 2.30. The molecule has 2 atom stereocenters. The largest absolute Gasteiger partial charge is 0.394 e. The molecule has 0 aliphatic carbocycles. The van der Waals surface area contributed by atoms with Gasteiger partial charge in [-0.3, -0.25) is 4.79 Å². The van der Waals surface area contributed by atoms with Crippen LogP contribution in [0.25, 0.3) is 0 Å². The van der Waals surface area contributed by atoms with Gasteiger partial charge in [0, 0.05) is 18.8 Å². The molecule has 19 heavy (non-hydrogen) atoms. The predicted octanol–water partition coefficient (Wildman–Crippen LogP) is 1.24. The SMILES string of the molecule is Cc1cccc(N2CC(C)CNC(CO)C2=O)c1C. The van der Waals surface area contributed by atoms with E-state index in [2.05, 4.69) is 12.2 Å². The Kier molecular flexibility index (Phi) is 4.22. The van der Waals surface area contributed by atoms with Gasteiger partial charge in [0.2, 0.25) is 5.91 Å². The molecule has 1 aromatic carbocycles. The van der Waals surface area contributed by atoms with E-state index in [-0.39, 0.29) is 12.5 Å². The Morgan fingerprint density at radius 2 is 2.16 bits per heavy atom. The lowest BCUT2D eigenvalue weighted by Crippen LogP contribution is -2.46. The molecule has 1 heterocycles. The Bertz CT molecular complexity index is 473. The Labute approximate surface area is 114 Å². The summed E-state index contributed by atoms with van der Waals surface area (Å²) >= 11 is 0. The number of nitrogens with one attached hydrogen (secondary N) is 1. The zero-order valence-electron chi connectivity index (χ0n) is 11.8. The maximum absolute atomic E-state index is 12.5. The number of nitrogens with zero attached hydrogens (tertiary/aromatic N) is 1. The first-order chi connectivity index (χ1) is 9.04. The van der Waals surface area contributed by atoms with Gasteiger partial charge >= 0.3 is 0 Å². The number of carbonyl (C=O) groups is 1. The molecule has 0 bridgehead atoms. The molecule has 0 saturated carbocycles. The van der Waals surface area contributed by atoms with E-state index in [9.17, 15) is 9.90 Å². The summed E-state index contributed by atoms with van der Waals surface area (Å²) in [6.45, 7) is 7.47. The van der Waals surface area contributed by atoms with E-state index in [1.807, 2.05) is 36.9 Å². The van der Waals surface area contributed by atoms with E-state index in [1.54, 1.807) is 0 Å². The summed E-state index contributed by atoms with van der Waals surface area (Å²) in [6.07, 6.45) is 0. The Morgan fingerprint density at radius 3 is 2.84 bits per heavy atom. The average molecular weight is 262 g/mol. The van der Waals surface area contributed by atoms with Crippen LogP contribution in [0, 0.1) is 19.8 Å². The second-order valence-electron chi connectivity index (χ2n) is 5.42. The van der Waals surface area contributed by atoms with E-state index < -0.39 is 6.04 Å². The number of hydrogen-bond donors (Lipinski definition) is 2. The summed E-state index contributed by atoms with van der Waals surface area (Å²) in [7, 11) is 0. The fourth-order valence-electron chi connectivity index (χ4n) is 2.47. The highest BCUT2D eigenvalue weighted by Crippen LogP contribution is 2.25. The lowest BCUT2D eigenvalue weighted by molar-refractivity contribution is -0.121. The van der Waals surface area contributed by atoms with Crippen molar-refractivity contribution in [3.63, 3.8) is 0 Å².